The van der Waals surface area contributed by atoms with Crippen molar-refractivity contribution in [2.24, 2.45) is 4.99 Å². The lowest BCUT2D eigenvalue weighted by atomic mass is 10.3. The highest BCUT2D eigenvalue weighted by molar-refractivity contribution is 9.10. The molecule has 0 heterocycles. The molecule has 6 heteroatoms. The molecule has 1 N–H and O–H groups in total. The third-order valence-electron chi connectivity index (χ3n) is 1.52. The van der Waals surface area contributed by atoms with Crippen molar-refractivity contribution in [1.29, 1.82) is 5.26 Å². The van der Waals surface area contributed by atoms with Gasteiger partial charge in [-0.2, -0.15) is 5.26 Å². The van der Waals surface area contributed by atoms with Gasteiger partial charge in [-0.05, 0) is 40.4 Å². The maximum Gasteiger partial charge on any atom is 0.208 e. The van der Waals surface area contributed by atoms with E-state index < -0.39 is 0 Å². The summed E-state index contributed by atoms with van der Waals surface area (Å²) in [6.07, 6.45) is 3.56. The first-order chi connectivity index (χ1) is 7.17. The van der Waals surface area contributed by atoms with Crippen LogP contribution in [0.15, 0.2) is 27.7 Å². The molecule has 0 saturated carbocycles. The summed E-state index contributed by atoms with van der Waals surface area (Å²) in [4.78, 5) is 3.61. The number of anilines is 1. The Morgan fingerprint density at radius 3 is 2.93 bits per heavy atom. The summed E-state index contributed by atoms with van der Waals surface area (Å²) in [5.41, 5.74) is 0.798. The van der Waals surface area contributed by atoms with Gasteiger partial charge in [-0.25, -0.2) is 0 Å². The molecule has 78 valence electrons. The molecule has 3 nitrogen and oxygen atoms in total. The van der Waals surface area contributed by atoms with Gasteiger partial charge in [-0.15, -0.1) is 4.99 Å². The Balaban J connectivity index is 2.86. The van der Waals surface area contributed by atoms with Crippen LogP contribution in [0.3, 0.4) is 0 Å². The van der Waals surface area contributed by atoms with Gasteiger partial charge >= 0.3 is 0 Å². The van der Waals surface area contributed by atoms with Gasteiger partial charge in [0.1, 0.15) is 0 Å². The van der Waals surface area contributed by atoms with Crippen LogP contribution in [0, 0.1) is 11.5 Å². The van der Waals surface area contributed by atoms with E-state index in [9.17, 15) is 0 Å². The first-order valence-electron chi connectivity index (χ1n) is 3.90. The van der Waals surface area contributed by atoms with Crippen molar-refractivity contribution >= 4 is 50.1 Å². The van der Waals surface area contributed by atoms with Gasteiger partial charge in [0.25, 0.3) is 0 Å². The predicted molar refractivity (Wildman–Crippen MR) is 69.3 cm³/mol. The van der Waals surface area contributed by atoms with Crippen LogP contribution in [-0.2, 0) is 0 Å². The minimum Gasteiger partial charge on any atom is -0.334 e. The lowest BCUT2D eigenvalue weighted by Crippen LogP contribution is -2.06. The fourth-order valence-electron chi connectivity index (χ4n) is 0.867. The molecule has 0 spiro atoms. The summed E-state index contributed by atoms with van der Waals surface area (Å²) in [6, 6.07) is 5.43. The van der Waals surface area contributed by atoms with Gasteiger partial charge in [0.05, 0.1) is 5.02 Å². The number of aliphatic imine (C=N–C) groups is 1. The molecule has 0 aliphatic heterocycles. The Labute approximate surface area is 106 Å². The summed E-state index contributed by atoms with van der Waals surface area (Å²) < 4.78 is 0.831. The average Bonchev–Trinajstić information content (AvgIpc) is 2.23. The van der Waals surface area contributed by atoms with Crippen LogP contribution in [0.25, 0.3) is 0 Å². The fourth-order valence-corrected chi connectivity index (χ4v) is 1.65. The second kappa shape index (κ2) is 6.01. The van der Waals surface area contributed by atoms with E-state index in [2.05, 4.69) is 26.2 Å². The van der Waals surface area contributed by atoms with Crippen molar-refractivity contribution in [1.82, 2.24) is 0 Å². The fraction of sp³-hybridized carbons (Fsp3) is 0.111. The van der Waals surface area contributed by atoms with Crippen LogP contribution < -0.4 is 5.32 Å². The number of hydrogen-bond acceptors (Lipinski definition) is 3. The van der Waals surface area contributed by atoms with Gasteiger partial charge in [0.15, 0.2) is 5.17 Å². The molecule has 1 aromatic carbocycles. The summed E-state index contributed by atoms with van der Waals surface area (Å²) in [5, 5.41) is 12.5. The van der Waals surface area contributed by atoms with Crippen molar-refractivity contribution in [2.75, 3.05) is 11.6 Å². The van der Waals surface area contributed by atoms with Crippen LogP contribution in [-0.4, -0.2) is 11.4 Å². The third kappa shape index (κ3) is 3.74. The van der Waals surface area contributed by atoms with Gasteiger partial charge < -0.3 is 5.32 Å². The van der Waals surface area contributed by atoms with E-state index in [0.29, 0.717) is 10.2 Å². The topological polar surface area (TPSA) is 48.2 Å². The predicted octanol–water partition coefficient (Wildman–Crippen LogP) is 3.71. The second-order valence-electron chi connectivity index (χ2n) is 2.47. The van der Waals surface area contributed by atoms with Gasteiger partial charge in [-0.1, -0.05) is 23.4 Å². The minimum atomic E-state index is 0.538. The van der Waals surface area contributed by atoms with E-state index in [1.165, 1.54) is 11.8 Å². The van der Waals surface area contributed by atoms with E-state index in [0.717, 1.165) is 10.2 Å². The number of thioether (sulfide) groups is 1. The van der Waals surface area contributed by atoms with Crippen LogP contribution >= 0.6 is 39.3 Å². The average molecular weight is 305 g/mol. The van der Waals surface area contributed by atoms with Crippen molar-refractivity contribution in [3.63, 3.8) is 0 Å². The zero-order valence-corrected chi connectivity index (χ0v) is 10.9. The molecule has 0 bridgehead atoms. The molecule has 15 heavy (non-hydrogen) atoms. The molecule has 1 rings (SSSR count). The summed E-state index contributed by atoms with van der Waals surface area (Å²) in [6.45, 7) is 0. The number of nitrogens with zero attached hydrogens (tertiary/aromatic N) is 2. The Hall–Kier alpha value is -0.700. The molecule has 0 aromatic heterocycles. The highest BCUT2D eigenvalue weighted by Crippen LogP contribution is 2.25. The zero-order valence-electron chi connectivity index (χ0n) is 7.79. The molecule has 0 fully saturated rings. The molecule has 0 radical (unpaired) electrons. The van der Waals surface area contributed by atoms with Gasteiger partial charge in [0.2, 0.25) is 6.19 Å². The molecular formula is C9H7BrClN3S. The summed E-state index contributed by atoms with van der Waals surface area (Å²) in [7, 11) is 0. The molecule has 0 amide bonds. The number of benzene rings is 1. The Morgan fingerprint density at radius 1 is 1.67 bits per heavy atom. The zero-order chi connectivity index (χ0) is 11.3. The van der Waals surface area contributed by atoms with Gasteiger partial charge in [-0.3, -0.25) is 0 Å². The summed E-state index contributed by atoms with van der Waals surface area (Å²) in [5.74, 6) is 0. The number of rotatable bonds is 1. The quantitative estimate of drug-likeness (QED) is 0.489. The molecule has 0 aliphatic rings. The lowest BCUT2D eigenvalue weighted by Gasteiger charge is -2.06. The van der Waals surface area contributed by atoms with Gasteiger partial charge in [0, 0.05) is 10.2 Å². The first kappa shape index (κ1) is 12.4. The molecule has 1 aromatic rings. The number of amidine groups is 1. The van der Waals surface area contributed by atoms with Crippen molar-refractivity contribution < 1.29 is 0 Å². The first-order valence-corrected chi connectivity index (χ1v) is 6.29. The van der Waals surface area contributed by atoms with E-state index in [1.807, 2.05) is 18.4 Å². The minimum absolute atomic E-state index is 0.538. The molecule has 0 atom stereocenters. The Bertz CT molecular complexity index is 428. The van der Waals surface area contributed by atoms with E-state index in [4.69, 9.17) is 16.9 Å². The number of nitrogens with one attached hydrogen (secondary N) is 1. The standard InChI is InChI=1S/C9H7BrClN3S/c1-15-9(13-5-12)14-6-2-3-7(10)8(11)4-6/h2-4H,1H3,(H,13,14). The monoisotopic (exact) mass is 303 g/mol. The van der Waals surface area contributed by atoms with Crippen molar-refractivity contribution in [3.8, 4) is 6.19 Å². The largest absolute Gasteiger partial charge is 0.334 e. The SMILES string of the molecule is CS/C(=N\C#N)Nc1ccc(Br)c(Cl)c1. The highest BCUT2D eigenvalue weighted by Gasteiger charge is 2.01. The van der Waals surface area contributed by atoms with Crippen molar-refractivity contribution in [3.05, 3.63) is 27.7 Å². The Morgan fingerprint density at radius 2 is 2.40 bits per heavy atom. The number of nitriles is 1. The molecule has 0 saturated heterocycles. The summed E-state index contributed by atoms with van der Waals surface area (Å²) >= 11 is 10.6. The third-order valence-corrected chi connectivity index (χ3v) is 3.33. The second-order valence-corrected chi connectivity index (χ2v) is 4.53. The van der Waals surface area contributed by atoms with Crippen LogP contribution in [0.4, 0.5) is 5.69 Å². The smallest absolute Gasteiger partial charge is 0.208 e. The van der Waals surface area contributed by atoms with Crippen LogP contribution in [0.5, 0.6) is 0 Å². The highest BCUT2D eigenvalue weighted by atomic mass is 79.9. The van der Waals surface area contributed by atoms with E-state index in [1.54, 1.807) is 12.3 Å². The maximum absolute atomic E-state index is 8.42. The van der Waals surface area contributed by atoms with E-state index in [-0.39, 0.29) is 0 Å². The van der Waals surface area contributed by atoms with Crippen molar-refractivity contribution in [2.45, 2.75) is 0 Å². The molecule has 0 aliphatic carbocycles. The van der Waals surface area contributed by atoms with Crippen LogP contribution in [0.2, 0.25) is 5.02 Å². The number of halogens is 2. The molecular weight excluding hydrogens is 298 g/mol. The maximum atomic E-state index is 8.42. The lowest BCUT2D eigenvalue weighted by molar-refractivity contribution is 1.44. The van der Waals surface area contributed by atoms with E-state index >= 15 is 0 Å². The molecule has 0 unspecified atom stereocenters. The Kier molecular flexibility index (Phi) is 4.95. The number of hydrogen-bond donors (Lipinski definition) is 1. The normalized spacial score (nSPS) is 10.9. The van der Waals surface area contributed by atoms with Crippen LogP contribution in [0.1, 0.15) is 0 Å².